The molecule has 1 rings (SSSR count). The first-order chi connectivity index (χ1) is 8.90. The molecule has 19 heavy (non-hydrogen) atoms. The minimum Gasteiger partial charge on any atom is -0.268 e. The first-order valence-corrected chi connectivity index (χ1v) is 5.66. The number of alkyl halides is 3. The predicted molar refractivity (Wildman–Crippen MR) is 65.0 cm³/mol. The monoisotopic (exact) mass is 273 g/mol. The van der Waals surface area contributed by atoms with E-state index in [4.69, 9.17) is 0 Å². The summed E-state index contributed by atoms with van der Waals surface area (Å²) in [5, 5.41) is 0. The Morgan fingerprint density at radius 1 is 1.32 bits per heavy atom. The molecule has 0 aliphatic heterocycles. The molecular weight excluding hydrogens is 259 g/mol. The molecule has 1 amide bonds. The fourth-order valence-corrected chi connectivity index (χ4v) is 1.26. The summed E-state index contributed by atoms with van der Waals surface area (Å²) < 4.78 is 35.2. The van der Waals surface area contributed by atoms with Gasteiger partial charge in [0.25, 0.3) is 5.91 Å². The van der Waals surface area contributed by atoms with Crippen LogP contribution in [0.4, 0.5) is 13.2 Å². The summed E-state index contributed by atoms with van der Waals surface area (Å²) in [6, 6.07) is 7.47. The largest absolute Gasteiger partial charge is 0.414 e. The van der Waals surface area contributed by atoms with Gasteiger partial charge >= 0.3 is 6.18 Å². The van der Waals surface area contributed by atoms with Gasteiger partial charge in [0.15, 0.2) is 6.61 Å². The molecule has 0 radical (unpaired) electrons. The van der Waals surface area contributed by atoms with Crippen LogP contribution < -0.4 is 5.48 Å². The van der Waals surface area contributed by atoms with E-state index >= 15 is 0 Å². The maximum Gasteiger partial charge on any atom is 0.414 e. The van der Waals surface area contributed by atoms with E-state index in [9.17, 15) is 18.0 Å². The summed E-state index contributed by atoms with van der Waals surface area (Å²) >= 11 is 0. The van der Waals surface area contributed by atoms with Gasteiger partial charge in [0, 0.05) is 6.08 Å². The zero-order valence-electron chi connectivity index (χ0n) is 10.3. The van der Waals surface area contributed by atoms with Crippen LogP contribution in [0.15, 0.2) is 30.3 Å². The number of aryl methyl sites for hydroxylation is 1. The molecule has 0 saturated carbocycles. The highest BCUT2D eigenvalue weighted by molar-refractivity contribution is 5.90. The van der Waals surface area contributed by atoms with Gasteiger partial charge in [-0.15, -0.1) is 0 Å². The second-order valence-electron chi connectivity index (χ2n) is 3.80. The van der Waals surface area contributed by atoms with E-state index in [-0.39, 0.29) is 0 Å². The number of carbonyl (C=O) groups is 1. The summed E-state index contributed by atoms with van der Waals surface area (Å²) in [4.78, 5) is 15.1. The van der Waals surface area contributed by atoms with Gasteiger partial charge in [-0.1, -0.05) is 31.2 Å². The smallest absolute Gasteiger partial charge is 0.268 e. The lowest BCUT2D eigenvalue weighted by molar-refractivity contribution is -0.190. The Bertz CT molecular complexity index is 438. The van der Waals surface area contributed by atoms with Crippen LogP contribution in [0.2, 0.25) is 0 Å². The highest BCUT2D eigenvalue weighted by Crippen LogP contribution is 2.13. The fourth-order valence-electron chi connectivity index (χ4n) is 1.26. The van der Waals surface area contributed by atoms with Gasteiger partial charge in [-0.3, -0.25) is 9.63 Å². The quantitative estimate of drug-likeness (QED) is 0.661. The summed E-state index contributed by atoms with van der Waals surface area (Å²) in [6.45, 7) is 0.508. The Kier molecular flexibility index (Phi) is 5.57. The van der Waals surface area contributed by atoms with E-state index in [1.165, 1.54) is 6.08 Å². The number of carbonyl (C=O) groups excluding carboxylic acids is 1. The number of amides is 1. The van der Waals surface area contributed by atoms with Crippen molar-refractivity contribution in [3.63, 3.8) is 0 Å². The number of hydrogen-bond donors (Lipinski definition) is 1. The number of hydroxylamine groups is 1. The molecule has 6 heteroatoms. The second-order valence-corrected chi connectivity index (χ2v) is 3.80. The van der Waals surface area contributed by atoms with Crippen molar-refractivity contribution in [2.75, 3.05) is 6.61 Å². The molecule has 0 aliphatic carbocycles. The Morgan fingerprint density at radius 2 is 1.95 bits per heavy atom. The van der Waals surface area contributed by atoms with Gasteiger partial charge in [0.1, 0.15) is 0 Å². The van der Waals surface area contributed by atoms with E-state index < -0.39 is 18.7 Å². The summed E-state index contributed by atoms with van der Waals surface area (Å²) in [5.74, 6) is -0.746. The van der Waals surface area contributed by atoms with Crippen molar-refractivity contribution in [2.24, 2.45) is 0 Å². The van der Waals surface area contributed by atoms with Crippen LogP contribution in [-0.4, -0.2) is 18.7 Å². The first-order valence-electron chi connectivity index (χ1n) is 5.66. The normalized spacial score (nSPS) is 11.8. The highest BCUT2D eigenvalue weighted by atomic mass is 19.4. The van der Waals surface area contributed by atoms with Crippen molar-refractivity contribution >= 4 is 12.0 Å². The van der Waals surface area contributed by atoms with Crippen molar-refractivity contribution in [2.45, 2.75) is 19.5 Å². The Labute approximate surface area is 109 Å². The van der Waals surface area contributed by atoms with Crippen molar-refractivity contribution < 1.29 is 22.8 Å². The molecule has 0 unspecified atom stereocenters. The van der Waals surface area contributed by atoms with Crippen LogP contribution in [0.25, 0.3) is 6.08 Å². The van der Waals surface area contributed by atoms with Crippen molar-refractivity contribution in [1.82, 2.24) is 5.48 Å². The molecular formula is C13H14F3NO2. The van der Waals surface area contributed by atoms with Crippen molar-refractivity contribution in [3.8, 4) is 0 Å². The molecule has 3 nitrogen and oxygen atoms in total. The minimum absolute atomic E-state index is 0.746. The standard InChI is InChI=1S/C13H14F3NO2/c1-2-10-3-5-11(6-4-10)7-8-12(18)17-19-9-13(14,15)16/h3-8H,2,9H2,1H3,(H,17,18)/b8-7+. The molecule has 0 spiro atoms. The zero-order valence-corrected chi connectivity index (χ0v) is 10.3. The predicted octanol–water partition coefficient (Wildman–Crippen LogP) is 2.87. The SMILES string of the molecule is CCc1ccc(/C=C/C(=O)NOCC(F)(F)F)cc1. The first kappa shape index (κ1) is 15.2. The third-order valence-electron chi connectivity index (χ3n) is 2.22. The van der Waals surface area contributed by atoms with E-state index in [1.54, 1.807) is 5.48 Å². The van der Waals surface area contributed by atoms with Gasteiger partial charge in [0.2, 0.25) is 0 Å². The Balaban J connectivity index is 2.40. The zero-order chi connectivity index (χ0) is 14.3. The molecule has 0 bridgehead atoms. The van der Waals surface area contributed by atoms with Gasteiger partial charge in [-0.25, -0.2) is 5.48 Å². The van der Waals surface area contributed by atoms with E-state index in [0.717, 1.165) is 23.6 Å². The van der Waals surface area contributed by atoms with Gasteiger partial charge in [-0.05, 0) is 23.6 Å². The number of nitrogens with one attached hydrogen (secondary N) is 1. The van der Waals surface area contributed by atoms with E-state index in [1.807, 2.05) is 31.2 Å². The minimum atomic E-state index is -4.47. The van der Waals surface area contributed by atoms with Gasteiger partial charge < -0.3 is 0 Å². The highest BCUT2D eigenvalue weighted by Gasteiger charge is 2.28. The average Bonchev–Trinajstić information content (AvgIpc) is 2.35. The van der Waals surface area contributed by atoms with Crippen molar-refractivity contribution in [1.29, 1.82) is 0 Å². The molecule has 1 aromatic carbocycles. The number of benzene rings is 1. The third-order valence-corrected chi connectivity index (χ3v) is 2.22. The molecule has 0 atom stereocenters. The lowest BCUT2D eigenvalue weighted by atomic mass is 10.1. The Morgan fingerprint density at radius 3 is 2.47 bits per heavy atom. The topological polar surface area (TPSA) is 38.3 Å². The molecule has 0 aromatic heterocycles. The summed E-state index contributed by atoms with van der Waals surface area (Å²) in [6.07, 6.45) is -0.953. The van der Waals surface area contributed by atoms with E-state index in [2.05, 4.69) is 4.84 Å². The van der Waals surface area contributed by atoms with Crippen molar-refractivity contribution in [3.05, 3.63) is 41.5 Å². The third kappa shape index (κ3) is 6.61. The van der Waals surface area contributed by atoms with Gasteiger partial charge in [0.05, 0.1) is 0 Å². The maximum atomic E-state index is 11.7. The molecule has 0 fully saturated rings. The Hall–Kier alpha value is -1.82. The van der Waals surface area contributed by atoms with Crippen LogP contribution in [-0.2, 0) is 16.1 Å². The maximum absolute atomic E-state index is 11.7. The van der Waals surface area contributed by atoms with Gasteiger partial charge in [-0.2, -0.15) is 13.2 Å². The van der Waals surface area contributed by atoms with Crippen LogP contribution in [0, 0.1) is 0 Å². The van der Waals surface area contributed by atoms with Crippen LogP contribution in [0.3, 0.4) is 0 Å². The van der Waals surface area contributed by atoms with E-state index in [0.29, 0.717) is 0 Å². The number of rotatable bonds is 5. The summed E-state index contributed by atoms with van der Waals surface area (Å²) in [7, 11) is 0. The molecule has 0 heterocycles. The van der Waals surface area contributed by atoms with Crippen LogP contribution in [0.1, 0.15) is 18.1 Å². The second kappa shape index (κ2) is 6.94. The molecule has 1 N–H and O–H groups in total. The fraction of sp³-hybridized carbons (Fsp3) is 0.308. The molecule has 104 valence electrons. The van der Waals surface area contributed by atoms with Crippen LogP contribution >= 0.6 is 0 Å². The number of halogens is 3. The molecule has 0 aliphatic rings. The molecule has 0 saturated heterocycles. The lowest BCUT2D eigenvalue weighted by Gasteiger charge is -2.06. The molecule has 1 aromatic rings. The number of hydrogen-bond acceptors (Lipinski definition) is 2. The average molecular weight is 273 g/mol. The van der Waals surface area contributed by atoms with Crippen LogP contribution in [0.5, 0.6) is 0 Å². The lowest BCUT2D eigenvalue weighted by Crippen LogP contribution is -2.28. The summed E-state index contributed by atoms with van der Waals surface area (Å²) in [5.41, 5.74) is 3.63.